The lowest BCUT2D eigenvalue weighted by Gasteiger charge is -2.31. The summed E-state index contributed by atoms with van der Waals surface area (Å²) in [6, 6.07) is 10.6. The van der Waals surface area contributed by atoms with Gasteiger partial charge in [-0.1, -0.05) is 18.2 Å². The number of carbonyl (C=O) groups excluding carboxylic acids is 1. The first-order valence-electron chi connectivity index (χ1n) is 6.93. The van der Waals surface area contributed by atoms with Crippen LogP contribution in [0.3, 0.4) is 0 Å². The van der Waals surface area contributed by atoms with Crippen LogP contribution in [-0.4, -0.2) is 12.5 Å². The van der Waals surface area contributed by atoms with Crippen molar-refractivity contribution in [3.05, 3.63) is 63.4 Å². The number of anilines is 1. The number of hydrogen-bond acceptors (Lipinski definition) is 1. The molecule has 21 heavy (non-hydrogen) atoms. The topological polar surface area (TPSA) is 20.3 Å². The second-order valence-corrected chi connectivity index (χ2v) is 6.13. The Hall–Kier alpha value is -1.68. The summed E-state index contributed by atoms with van der Waals surface area (Å²) in [5, 5.41) is 0. The molecule has 0 fully saturated rings. The van der Waals surface area contributed by atoms with Crippen molar-refractivity contribution in [2.24, 2.45) is 0 Å². The summed E-state index contributed by atoms with van der Waals surface area (Å²) < 4.78 is 14.0. The first kappa shape index (κ1) is 14.3. The molecule has 3 rings (SSSR count). The number of aryl methyl sites for hydroxylation is 2. The predicted octanol–water partition coefficient (Wildman–Crippen LogP) is 4.49. The van der Waals surface area contributed by atoms with Gasteiger partial charge >= 0.3 is 0 Å². The summed E-state index contributed by atoms with van der Waals surface area (Å²) in [7, 11) is 0. The maximum atomic E-state index is 13.7. The number of rotatable bonds is 1. The minimum atomic E-state index is -0.414. The Balaban J connectivity index is 2.02. The fourth-order valence-corrected chi connectivity index (χ4v) is 3.08. The Kier molecular flexibility index (Phi) is 3.81. The van der Waals surface area contributed by atoms with Crippen LogP contribution in [0.1, 0.15) is 27.9 Å². The molecule has 0 atom stereocenters. The number of carbonyl (C=O) groups is 1. The predicted molar refractivity (Wildman–Crippen MR) is 85.3 cm³/mol. The molecule has 0 saturated carbocycles. The lowest BCUT2D eigenvalue weighted by molar-refractivity contribution is 0.0984. The van der Waals surface area contributed by atoms with Crippen molar-refractivity contribution in [1.29, 1.82) is 0 Å². The van der Waals surface area contributed by atoms with E-state index in [9.17, 15) is 9.18 Å². The van der Waals surface area contributed by atoms with Crippen molar-refractivity contribution in [1.82, 2.24) is 0 Å². The van der Waals surface area contributed by atoms with Crippen molar-refractivity contribution in [2.75, 3.05) is 11.4 Å². The molecule has 108 valence electrons. The molecule has 1 amide bonds. The van der Waals surface area contributed by atoms with E-state index in [1.807, 2.05) is 19.1 Å². The average molecular weight is 348 g/mol. The van der Waals surface area contributed by atoms with Gasteiger partial charge in [0, 0.05) is 12.1 Å². The van der Waals surface area contributed by atoms with Gasteiger partial charge in [-0.05, 0) is 65.0 Å². The van der Waals surface area contributed by atoms with Crippen LogP contribution in [0.2, 0.25) is 0 Å². The Morgan fingerprint density at radius 1 is 1.29 bits per heavy atom. The maximum Gasteiger partial charge on any atom is 0.258 e. The lowest BCUT2D eigenvalue weighted by atomic mass is 9.97. The van der Waals surface area contributed by atoms with Gasteiger partial charge in [-0.2, -0.15) is 0 Å². The largest absolute Gasteiger partial charge is 0.308 e. The summed E-state index contributed by atoms with van der Waals surface area (Å²) in [6.07, 6.45) is 1.91. The van der Waals surface area contributed by atoms with Gasteiger partial charge in [0.25, 0.3) is 5.91 Å². The van der Waals surface area contributed by atoms with Crippen molar-refractivity contribution in [2.45, 2.75) is 19.8 Å². The van der Waals surface area contributed by atoms with Gasteiger partial charge in [0.15, 0.2) is 0 Å². The SMILES string of the molecule is Cc1cccc2c1N(C(=O)c1ccc(Br)c(F)c1)CCC2. The van der Waals surface area contributed by atoms with Gasteiger partial charge in [0.05, 0.1) is 10.2 Å². The summed E-state index contributed by atoms with van der Waals surface area (Å²) in [5.74, 6) is -0.556. The van der Waals surface area contributed by atoms with Crippen LogP contribution in [0.25, 0.3) is 0 Å². The lowest BCUT2D eigenvalue weighted by Crippen LogP contribution is -2.36. The summed E-state index contributed by atoms with van der Waals surface area (Å²) >= 11 is 3.11. The van der Waals surface area contributed by atoms with Crippen molar-refractivity contribution in [3.8, 4) is 0 Å². The molecular formula is C17H15BrFNO. The van der Waals surface area contributed by atoms with E-state index in [1.165, 1.54) is 11.6 Å². The van der Waals surface area contributed by atoms with Crippen LogP contribution >= 0.6 is 15.9 Å². The van der Waals surface area contributed by atoms with E-state index >= 15 is 0 Å². The Morgan fingerprint density at radius 2 is 2.10 bits per heavy atom. The highest BCUT2D eigenvalue weighted by molar-refractivity contribution is 9.10. The van der Waals surface area contributed by atoms with Gasteiger partial charge in [0.2, 0.25) is 0 Å². The molecule has 1 heterocycles. The van der Waals surface area contributed by atoms with Gasteiger partial charge in [-0.25, -0.2) is 4.39 Å². The molecule has 0 unspecified atom stereocenters. The van der Waals surface area contributed by atoms with Crippen LogP contribution in [-0.2, 0) is 6.42 Å². The van der Waals surface area contributed by atoms with E-state index in [-0.39, 0.29) is 5.91 Å². The first-order chi connectivity index (χ1) is 10.1. The molecule has 0 bridgehead atoms. The van der Waals surface area contributed by atoms with Gasteiger partial charge in [-0.3, -0.25) is 4.79 Å². The normalized spacial score (nSPS) is 14.0. The van der Waals surface area contributed by atoms with Crippen molar-refractivity contribution in [3.63, 3.8) is 0 Å². The minimum absolute atomic E-state index is 0.142. The molecule has 0 aliphatic carbocycles. The number of benzene rings is 2. The Bertz CT molecular complexity index is 714. The molecule has 2 aromatic rings. The van der Waals surface area contributed by atoms with Crippen molar-refractivity contribution < 1.29 is 9.18 Å². The Morgan fingerprint density at radius 3 is 2.86 bits per heavy atom. The van der Waals surface area contributed by atoms with E-state index in [0.717, 1.165) is 24.1 Å². The Labute approximate surface area is 131 Å². The molecule has 1 aliphatic heterocycles. The highest BCUT2D eigenvalue weighted by atomic mass is 79.9. The van der Waals surface area contributed by atoms with Crippen molar-refractivity contribution >= 4 is 27.5 Å². The van der Waals surface area contributed by atoms with Crippen LogP contribution in [0.4, 0.5) is 10.1 Å². The number of hydrogen-bond donors (Lipinski definition) is 0. The third-order valence-corrected chi connectivity index (χ3v) is 4.47. The molecule has 0 aromatic heterocycles. The van der Waals surface area contributed by atoms with E-state index in [4.69, 9.17) is 0 Å². The molecular weight excluding hydrogens is 333 g/mol. The number of amides is 1. The standard InChI is InChI=1S/C17H15BrFNO/c1-11-4-2-5-12-6-3-9-20(16(11)12)17(21)13-7-8-14(18)15(19)10-13/h2,4-5,7-8,10H,3,6,9H2,1H3. The second-order valence-electron chi connectivity index (χ2n) is 5.27. The molecule has 1 aliphatic rings. The summed E-state index contributed by atoms with van der Waals surface area (Å²) in [5.41, 5.74) is 3.63. The van der Waals surface area contributed by atoms with Crippen LogP contribution in [0.15, 0.2) is 40.9 Å². The quantitative estimate of drug-likeness (QED) is 0.744. The zero-order valence-electron chi connectivity index (χ0n) is 11.7. The highest BCUT2D eigenvalue weighted by Gasteiger charge is 2.25. The fourth-order valence-electron chi connectivity index (χ4n) is 2.84. The van der Waals surface area contributed by atoms with E-state index in [0.29, 0.717) is 16.6 Å². The van der Waals surface area contributed by atoms with E-state index in [1.54, 1.807) is 17.0 Å². The zero-order chi connectivity index (χ0) is 15.0. The number of fused-ring (bicyclic) bond motifs is 1. The summed E-state index contributed by atoms with van der Waals surface area (Å²) in [6.45, 7) is 2.68. The van der Waals surface area contributed by atoms with Crippen LogP contribution < -0.4 is 4.90 Å². The smallest absolute Gasteiger partial charge is 0.258 e. The molecule has 4 heteroatoms. The monoisotopic (exact) mass is 347 g/mol. The second kappa shape index (κ2) is 5.60. The maximum absolute atomic E-state index is 13.7. The number of nitrogens with zero attached hydrogens (tertiary/aromatic N) is 1. The number of para-hydroxylation sites is 1. The van der Waals surface area contributed by atoms with Gasteiger partial charge in [0.1, 0.15) is 5.82 Å². The van der Waals surface area contributed by atoms with Crippen LogP contribution in [0, 0.1) is 12.7 Å². The first-order valence-corrected chi connectivity index (χ1v) is 7.72. The van der Waals surface area contributed by atoms with E-state index < -0.39 is 5.82 Å². The molecule has 0 spiro atoms. The molecule has 2 aromatic carbocycles. The van der Waals surface area contributed by atoms with Gasteiger partial charge < -0.3 is 4.90 Å². The highest BCUT2D eigenvalue weighted by Crippen LogP contribution is 2.32. The molecule has 2 nitrogen and oxygen atoms in total. The third-order valence-electron chi connectivity index (χ3n) is 3.83. The molecule has 0 saturated heterocycles. The average Bonchev–Trinajstić information content (AvgIpc) is 2.49. The van der Waals surface area contributed by atoms with Crippen LogP contribution in [0.5, 0.6) is 0 Å². The number of halogens is 2. The van der Waals surface area contributed by atoms with E-state index in [2.05, 4.69) is 22.0 Å². The fraction of sp³-hybridized carbons (Fsp3) is 0.235. The molecule has 0 radical (unpaired) electrons. The summed E-state index contributed by atoms with van der Waals surface area (Å²) in [4.78, 5) is 14.5. The molecule has 0 N–H and O–H groups in total. The van der Waals surface area contributed by atoms with Gasteiger partial charge in [-0.15, -0.1) is 0 Å². The zero-order valence-corrected chi connectivity index (χ0v) is 13.3. The third kappa shape index (κ3) is 2.60. The minimum Gasteiger partial charge on any atom is -0.308 e.